The summed E-state index contributed by atoms with van der Waals surface area (Å²) in [6.07, 6.45) is 3.74. The summed E-state index contributed by atoms with van der Waals surface area (Å²) in [5, 5.41) is 15.7. The molecule has 1 aliphatic heterocycles. The summed E-state index contributed by atoms with van der Waals surface area (Å²) in [6.45, 7) is 0. The fourth-order valence-electron chi connectivity index (χ4n) is 4.10. The summed E-state index contributed by atoms with van der Waals surface area (Å²) in [5.74, 6) is 0.0890. The van der Waals surface area contributed by atoms with Crippen LogP contribution in [0.2, 0.25) is 10.0 Å². The molecule has 0 amide bonds. The third-order valence-electron chi connectivity index (χ3n) is 5.46. The molecule has 1 saturated heterocycles. The topological polar surface area (TPSA) is 53.3 Å². The molecule has 0 unspecified atom stereocenters. The predicted octanol–water partition coefficient (Wildman–Crippen LogP) is 6.06. The van der Waals surface area contributed by atoms with E-state index in [4.69, 9.17) is 35.4 Å². The molecule has 4 aromatic rings. The molecular weight excluding hydrogens is 463 g/mol. The molecule has 5 nitrogen and oxygen atoms in total. The van der Waals surface area contributed by atoms with E-state index in [1.807, 2.05) is 65.7 Å². The van der Waals surface area contributed by atoms with E-state index in [-0.39, 0.29) is 17.8 Å². The lowest BCUT2D eigenvalue weighted by Crippen LogP contribution is -2.30. The smallest absolute Gasteiger partial charge is 0.174 e. The third kappa shape index (κ3) is 3.71. The van der Waals surface area contributed by atoms with E-state index in [9.17, 15) is 5.11 Å². The molecule has 0 saturated carbocycles. The highest BCUT2D eigenvalue weighted by atomic mass is 35.5. The molecule has 2 aromatic heterocycles. The van der Waals surface area contributed by atoms with Crippen molar-refractivity contribution < 1.29 is 5.11 Å². The van der Waals surface area contributed by atoms with E-state index in [1.54, 1.807) is 24.4 Å². The molecule has 0 aliphatic carbocycles. The van der Waals surface area contributed by atoms with Crippen LogP contribution in [0.4, 0.5) is 5.69 Å². The first kappa shape index (κ1) is 20.8. The maximum absolute atomic E-state index is 10.7. The van der Waals surface area contributed by atoms with Gasteiger partial charge in [0.15, 0.2) is 5.11 Å². The molecule has 32 heavy (non-hydrogen) atoms. The van der Waals surface area contributed by atoms with Crippen LogP contribution < -0.4 is 10.2 Å². The number of phenolic OH excluding ortho intramolecular Hbond substituents is 1. The molecular formula is C24H18Cl2N4OS. The van der Waals surface area contributed by atoms with Crippen molar-refractivity contribution in [1.29, 1.82) is 0 Å². The van der Waals surface area contributed by atoms with Crippen LogP contribution in [-0.4, -0.2) is 19.8 Å². The number of pyridine rings is 1. The van der Waals surface area contributed by atoms with Crippen LogP contribution in [0.15, 0.2) is 85.2 Å². The van der Waals surface area contributed by atoms with Crippen molar-refractivity contribution in [3.63, 3.8) is 0 Å². The van der Waals surface area contributed by atoms with Crippen molar-refractivity contribution in [3.8, 4) is 11.4 Å². The fourth-order valence-corrected chi connectivity index (χ4v) is 4.79. The van der Waals surface area contributed by atoms with Gasteiger partial charge < -0.3 is 19.9 Å². The molecule has 2 aromatic carbocycles. The highest BCUT2D eigenvalue weighted by Gasteiger charge is 2.43. The highest BCUT2D eigenvalue weighted by molar-refractivity contribution is 7.80. The van der Waals surface area contributed by atoms with Gasteiger partial charge in [-0.25, -0.2) is 0 Å². The van der Waals surface area contributed by atoms with Gasteiger partial charge in [0.25, 0.3) is 0 Å². The first-order valence-corrected chi connectivity index (χ1v) is 11.1. The Labute approximate surface area is 200 Å². The second-order valence-corrected chi connectivity index (χ2v) is 8.67. The molecule has 0 radical (unpaired) electrons. The van der Waals surface area contributed by atoms with Crippen LogP contribution in [0.3, 0.4) is 0 Å². The van der Waals surface area contributed by atoms with Gasteiger partial charge >= 0.3 is 0 Å². The van der Waals surface area contributed by atoms with Gasteiger partial charge in [-0.05, 0) is 72.9 Å². The van der Waals surface area contributed by atoms with Crippen LogP contribution in [0.25, 0.3) is 5.69 Å². The zero-order chi connectivity index (χ0) is 22.2. The van der Waals surface area contributed by atoms with Crippen LogP contribution in [-0.2, 0) is 0 Å². The Hall–Kier alpha value is -3.06. The second kappa shape index (κ2) is 8.47. The van der Waals surface area contributed by atoms with E-state index in [2.05, 4.69) is 14.9 Å². The predicted molar refractivity (Wildman–Crippen MR) is 132 cm³/mol. The zero-order valence-corrected chi connectivity index (χ0v) is 19.0. The Morgan fingerprint density at radius 3 is 2.56 bits per heavy atom. The normalized spacial score (nSPS) is 18.1. The highest BCUT2D eigenvalue weighted by Crippen LogP contribution is 2.45. The minimum atomic E-state index is -0.309. The number of benzene rings is 2. The number of halogens is 2. The van der Waals surface area contributed by atoms with Crippen LogP contribution in [0.5, 0.6) is 5.75 Å². The van der Waals surface area contributed by atoms with Gasteiger partial charge in [0.05, 0.1) is 17.4 Å². The minimum absolute atomic E-state index is 0.0890. The monoisotopic (exact) mass is 480 g/mol. The van der Waals surface area contributed by atoms with E-state index in [0.29, 0.717) is 20.8 Å². The van der Waals surface area contributed by atoms with Crippen molar-refractivity contribution in [3.05, 3.63) is 107 Å². The molecule has 1 aliphatic rings. The number of thiocarbonyl (C=S) groups is 1. The molecule has 0 bridgehead atoms. The number of nitrogens with zero attached hydrogens (tertiary/aromatic N) is 3. The van der Waals surface area contributed by atoms with Gasteiger partial charge in [-0.15, -0.1) is 0 Å². The van der Waals surface area contributed by atoms with Gasteiger partial charge in [-0.1, -0.05) is 35.3 Å². The summed E-state index contributed by atoms with van der Waals surface area (Å²) in [5.41, 5.74) is 3.24. The summed E-state index contributed by atoms with van der Waals surface area (Å²) in [4.78, 5) is 6.47. The lowest BCUT2D eigenvalue weighted by Gasteiger charge is -2.29. The van der Waals surface area contributed by atoms with Crippen LogP contribution in [0, 0.1) is 0 Å². The number of nitrogens with one attached hydrogen (secondary N) is 1. The fraction of sp³-hybridized carbons (Fsp3) is 0.0833. The number of aromatic hydroxyl groups is 1. The average Bonchev–Trinajstić information content (AvgIpc) is 3.40. The molecule has 2 N–H and O–H groups in total. The average molecular weight is 481 g/mol. The van der Waals surface area contributed by atoms with Gasteiger partial charge in [0.1, 0.15) is 11.8 Å². The van der Waals surface area contributed by atoms with Crippen molar-refractivity contribution in [2.45, 2.75) is 12.1 Å². The van der Waals surface area contributed by atoms with E-state index in [0.717, 1.165) is 17.1 Å². The number of phenols is 1. The van der Waals surface area contributed by atoms with Gasteiger partial charge in [0.2, 0.25) is 0 Å². The molecule has 1 fully saturated rings. The Morgan fingerprint density at radius 1 is 0.938 bits per heavy atom. The number of anilines is 1. The number of rotatable bonds is 4. The molecule has 3 heterocycles. The molecule has 5 rings (SSSR count). The standard InChI is InChI=1S/C24H18Cl2N4OS/c25-15-5-3-6-17(13-15)29-12-4-8-19(29)23-22(18-7-1-2-11-27-18)28-24(32)30(23)20-14-16(26)9-10-21(20)31/h1-14,22-23,31H,(H,28,32)/t22-,23+/m0/s1. The zero-order valence-electron chi connectivity index (χ0n) is 16.7. The minimum Gasteiger partial charge on any atom is -0.506 e. The van der Waals surface area contributed by atoms with E-state index < -0.39 is 0 Å². The quantitative estimate of drug-likeness (QED) is 0.347. The summed E-state index contributed by atoms with van der Waals surface area (Å²) in [7, 11) is 0. The maximum atomic E-state index is 10.7. The van der Waals surface area contributed by atoms with Crippen LogP contribution in [0.1, 0.15) is 23.5 Å². The van der Waals surface area contributed by atoms with Gasteiger partial charge in [0, 0.05) is 33.8 Å². The lowest BCUT2D eigenvalue weighted by molar-refractivity contribution is 0.472. The molecule has 0 spiro atoms. The number of aromatic nitrogens is 2. The van der Waals surface area contributed by atoms with Crippen molar-refractivity contribution >= 4 is 46.2 Å². The van der Waals surface area contributed by atoms with Crippen molar-refractivity contribution in [2.24, 2.45) is 0 Å². The number of hydrogen-bond donors (Lipinski definition) is 2. The van der Waals surface area contributed by atoms with E-state index >= 15 is 0 Å². The van der Waals surface area contributed by atoms with Crippen LogP contribution >= 0.6 is 35.4 Å². The summed E-state index contributed by atoms with van der Waals surface area (Å²) >= 11 is 18.3. The Bertz CT molecular complexity index is 1290. The molecule has 8 heteroatoms. The first-order chi connectivity index (χ1) is 15.5. The first-order valence-electron chi connectivity index (χ1n) is 9.95. The Balaban J connectivity index is 1.70. The third-order valence-corrected chi connectivity index (χ3v) is 6.25. The maximum Gasteiger partial charge on any atom is 0.174 e. The molecule has 2 atom stereocenters. The Kier molecular flexibility index (Phi) is 5.51. The lowest BCUT2D eigenvalue weighted by atomic mass is 10.0. The van der Waals surface area contributed by atoms with E-state index in [1.165, 1.54) is 0 Å². The second-order valence-electron chi connectivity index (χ2n) is 7.41. The molecule has 160 valence electrons. The van der Waals surface area contributed by atoms with Gasteiger partial charge in [-0.3, -0.25) is 4.98 Å². The SMILES string of the molecule is Oc1ccc(Cl)cc1N1C(=S)N[C@@H](c2ccccn2)[C@H]1c1cccn1-c1cccc(Cl)c1. The summed E-state index contributed by atoms with van der Waals surface area (Å²) in [6, 6.07) is 21.8. The number of hydrogen-bond acceptors (Lipinski definition) is 3. The van der Waals surface area contributed by atoms with Gasteiger partial charge in [-0.2, -0.15) is 0 Å². The summed E-state index contributed by atoms with van der Waals surface area (Å²) < 4.78 is 2.07. The van der Waals surface area contributed by atoms with Crippen molar-refractivity contribution in [2.75, 3.05) is 4.90 Å². The largest absolute Gasteiger partial charge is 0.506 e. The van der Waals surface area contributed by atoms with Crippen molar-refractivity contribution in [1.82, 2.24) is 14.9 Å². The Morgan fingerprint density at radius 2 is 1.78 bits per heavy atom.